The number of aryl methyl sites for hydroxylation is 2. The topological polar surface area (TPSA) is 69.0 Å². The van der Waals surface area contributed by atoms with E-state index in [1.54, 1.807) is 30.0 Å². The summed E-state index contributed by atoms with van der Waals surface area (Å²) in [6.07, 6.45) is 0. The Hall–Kier alpha value is -2.12. The van der Waals surface area contributed by atoms with E-state index in [0.717, 1.165) is 10.4 Å². The number of amides is 1. The van der Waals surface area contributed by atoms with E-state index in [-0.39, 0.29) is 5.91 Å². The first-order chi connectivity index (χ1) is 11.0. The minimum absolute atomic E-state index is 0.249. The van der Waals surface area contributed by atoms with Crippen molar-refractivity contribution in [2.75, 3.05) is 12.4 Å². The Morgan fingerprint density at radius 2 is 2.26 bits per heavy atom. The molecule has 0 atom stereocenters. The van der Waals surface area contributed by atoms with E-state index in [2.05, 4.69) is 15.4 Å². The van der Waals surface area contributed by atoms with Gasteiger partial charge in [0.2, 0.25) is 0 Å². The normalized spacial score (nSPS) is 11.0. The summed E-state index contributed by atoms with van der Waals surface area (Å²) < 4.78 is 7.72. The molecule has 1 N–H and O–H groups in total. The molecule has 0 radical (unpaired) electrons. The number of ether oxygens (including phenoxy) is 1. The fourth-order valence-electron chi connectivity index (χ4n) is 2.30. The maximum atomic E-state index is 12.5. The van der Waals surface area contributed by atoms with Gasteiger partial charge in [-0.05, 0) is 32.0 Å². The lowest BCUT2D eigenvalue weighted by molar-refractivity contribution is 0.101. The average molecular weight is 351 g/mol. The summed E-state index contributed by atoms with van der Waals surface area (Å²) in [5.41, 5.74) is 1.94. The lowest BCUT2D eigenvalue weighted by Crippen LogP contribution is -2.17. The van der Waals surface area contributed by atoms with E-state index in [1.165, 1.54) is 11.3 Å². The quantitative estimate of drug-likeness (QED) is 0.778. The van der Waals surface area contributed by atoms with E-state index in [9.17, 15) is 4.79 Å². The summed E-state index contributed by atoms with van der Waals surface area (Å²) in [7, 11) is 1.57. The number of halogens is 1. The van der Waals surface area contributed by atoms with Gasteiger partial charge in [-0.15, -0.1) is 0 Å². The molecule has 0 saturated heterocycles. The van der Waals surface area contributed by atoms with Crippen molar-refractivity contribution < 1.29 is 9.53 Å². The van der Waals surface area contributed by atoms with Crippen molar-refractivity contribution in [2.24, 2.45) is 0 Å². The molecule has 23 heavy (non-hydrogen) atoms. The van der Waals surface area contributed by atoms with E-state index in [1.807, 2.05) is 13.8 Å². The Bertz CT molecular complexity index is 887. The van der Waals surface area contributed by atoms with Crippen LogP contribution >= 0.6 is 22.9 Å². The van der Waals surface area contributed by atoms with Crippen LogP contribution in [0.4, 0.5) is 5.13 Å². The number of methoxy groups -OCH3 is 1. The van der Waals surface area contributed by atoms with Gasteiger partial charge in [-0.2, -0.15) is 5.10 Å². The SMILES string of the molecule is CCn1nc(C)cc1C(=O)Nc1nc2c(OC)ccc(Cl)c2s1. The molecule has 2 aromatic heterocycles. The van der Waals surface area contributed by atoms with Gasteiger partial charge in [0, 0.05) is 6.54 Å². The highest BCUT2D eigenvalue weighted by atomic mass is 35.5. The molecule has 0 spiro atoms. The van der Waals surface area contributed by atoms with Crippen molar-refractivity contribution in [3.63, 3.8) is 0 Å². The molecular weight excluding hydrogens is 336 g/mol. The highest BCUT2D eigenvalue weighted by Crippen LogP contribution is 2.37. The fraction of sp³-hybridized carbons (Fsp3) is 0.267. The number of fused-ring (bicyclic) bond motifs is 1. The van der Waals surface area contributed by atoms with Crippen LogP contribution in [0.1, 0.15) is 23.1 Å². The highest BCUT2D eigenvalue weighted by molar-refractivity contribution is 7.23. The van der Waals surface area contributed by atoms with Gasteiger partial charge in [0.05, 0.1) is 22.5 Å². The van der Waals surface area contributed by atoms with Crippen molar-refractivity contribution in [1.82, 2.24) is 14.8 Å². The third-order valence-electron chi connectivity index (χ3n) is 3.33. The van der Waals surface area contributed by atoms with E-state index in [0.29, 0.717) is 33.7 Å². The molecule has 0 bridgehead atoms. The predicted octanol–water partition coefficient (Wildman–Crippen LogP) is 3.74. The van der Waals surface area contributed by atoms with Crippen LogP contribution in [0.3, 0.4) is 0 Å². The van der Waals surface area contributed by atoms with Crippen LogP contribution in [0.25, 0.3) is 10.2 Å². The van der Waals surface area contributed by atoms with Gasteiger partial charge in [0.15, 0.2) is 5.13 Å². The molecular formula is C15H15ClN4O2S. The predicted molar refractivity (Wildman–Crippen MR) is 91.8 cm³/mol. The largest absolute Gasteiger partial charge is 0.494 e. The zero-order valence-corrected chi connectivity index (χ0v) is 14.5. The maximum absolute atomic E-state index is 12.5. The van der Waals surface area contributed by atoms with Crippen LogP contribution in [0.5, 0.6) is 5.75 Å². The molecule has 2 heterocycles. The Morgan fingerprint density at radius 3 is 2.96 bits per heavy atom. The summed E-state index contributed by atoms with van der Waals surface area (Å²) in [5, 5.41) is 8.13. The van der Waals surface area contributed by atoms with Gasteiger partial charge in [-0.3, -0.25) is 14.8 Å². The zero-order chi connectivity index (χ0) is 16.6. The Morgan fingerprint density at radius 1 is 1.48 bits per heavy atom. The van der Waals surface area contributed by atoms with E-state index in [4.69, 9.17) is 16.3 Å². The summed E-state index contributed by atoms with van der Waals surface area (Å²) in [4.78, 5) is 16.9. The van der Waals surface area contributed by atoms with Crippen molar-refractivity contribution in [3.8, 4) is 5.75 Å². The summed E-state index contributed by atoms with van der Waals surface area (Å²) >= 11 is 7.50. The van der Waals surface area contributed by atoms with Crippen LogP contribution in [0, 0.1) is 6.92 Å². The third kappa shape index (κ3) is 2.89. The number of anilines is 1. The van der Waals surface area contributed by atoms with Crippen LogP contribution in [0.15, 0.2) is 18.2 Å². The molecule has 120 valence electrons. The van der Waals surface area contributed by atoms with Gasteiger partial charge in [0.25, 0.3) is 5.91 Å². The highest BCUT2D eigenvalue weighted by Gasteiger charge is 2.17. The number of nitrogens with one attached hydrogen (secondary N) is 1. The first kappa shape index (κ1) is 15.8. The molecule has 0 saturated carbocycles. The summed E-state index contributed by atoms with van der Waals surface area (Å²) in [6, 6.07) is 5.26. The van der Waals surface area contributed by atoms with Crippen LogP contribution in [-0.2, 0) is 6.54 Å². The van der Waals surface area contributed by atoms with Crippen molar-refractivity contribution in [1.29, 1.82) is 0 Å². The number of rotatable bonds is 4. The first-order valence-corrected chi connectivity index (χ1v) is 8.21. The number of hydrogen-bond acceptors (Lipinski definition) is 5. The van der Waals surface area contributed by atoms with E-state index < -0.39 is 0 Å². The van der Waals surface area contributed by atoms with Crippen LogP contribution in [-0.4, -0.2) is 27.8 Å². The number of hydrogen-bond donors (Lipinski definition) is 1. The smallest absolute Gasteiger partial charge is 0.275 e. The van der Waals surface area contributed by atoms with Gasteiger partial charge in [0.1, 0.15) is 17.0 Å². The number of carbonyl (C=O) groups excluding carboxylic acids is 1. The van der Waals surface area contributed by atoms with Gasteiger partial charge >= 0.3 is 0 Å². The molecule has 0 aliphatic rings. The Labute approximate surface area is 142 Å². The standard InChI is InChI=1S/C15H15ClN4O2S/c1-4-20-10(7-8(2)19-20)14(21)18-15-17-12-11(22-3)6-5-9(16)13(12)23-15/h5-7H,4H2,1-3H3,(H,17,18,21). The van der Waals surface area contributed by atoms with E-state index >= 15 is 0 Å². The number of nitrogens with zero attached hydrogens (tertiary/aromatic N) is 3. The molecule has 8 heteroatoms. The van der Waals surface area contributed by atoms with Crippen LogP contribution < -0.4 is 10.1 Å². The molecule has 0 unspecified atom stereocenters. The van der Waals surface area contributed by atoms with Crippen molar-refractivity contribution in [3.05, 3.63) is 34.6 Å². The zero-order valence-electron chi connectivity index (χ0n) is 12.9. The monoisotopic (exact) mass is 350 g/mol. The summed E-state index contributed by atoms with van der Waals surface area (Å²) in [5.74, 6) is 0.372. The Balaban J connectivity index is 1.95. The molecule has 0 fully saturated rings. The minimum atomic E-state index is -0.249. The molecule has 0 aliphatic carbocycles. The van der Waals surface area contributed by atoms with Gasteiger partial charge in [-0.25, -0.2) is 4.98 Å². The van der Waals surface area contributed by atoms with Crippen molar-refractivity contribution in [2.45, 2.75) is 20.4 Å². The second kappa shape index (κ2) is 6.17. The second-order valence-electron chi connectivity index (χ2n) is 4.89. The summed E-state index contributed by atoms with van der Waals surface area (Å²) in [6.45, 7) is 4.41. The first-order valence-electron chi connectivity index (χ1n) is 7.02. The molecule has 1 aromatic carbocycles. The molecule has 3 rings (SSSR count). The number of benzene rings is 1. The Kier molecular flexibility index (Phi) is 4.23. The lowest BCUT2D eigenvalue weighted by atomic mass is 10.3. The molecule has 1 amide bonds. The molecule has 3 aromatic rings. The number of aromatic nitrogens is 3. The average Bonchev–Trinajstić information content (AvgIpc) is 3.11. The maximum Gasteiger partial charge on any atom is 0.275 e. The molecule has 6 nitrogen and oxygen atoms in total. The minimum Gasteiger partial charge on any atom is -0.494 e. The van der Waals surface area contributed by atoms with Gasteiger partial charge in [-0.1, -0.05) is 22.9 Å². The fourth-order valence-corrected chi connectivity index (χ4v) is 3.45. The van der Waals surface area contributed by atoms with Crippen LogP contribution in [0.2, 0.25) is 5.02 Å². The number of carbonyl (C=O) groups is 1. The second-order valence-corrected chi connectivity index (χ2v) is 6.29. The lowest BCUT2D eigenvalue weighted by Gasteiger charge is -2.03. The molecule has 0 aliphatic heterocycles. The van der Waals surface area contributed by atoms with Gasteiger partial charge < -0.3 is 4.74 Å². The number of thiazole rings is 1. The third-order valence-corrected chi connectivity index (χ3v) is 4.76. The van der Waals surface area contributed by atoms with Crippen molar-refractivity contribution >= 4 is 44.2 Å².